The van der Waals surface area contributed by atoms with Crippen molar-refractivity contribution in [2.24, 2.45) is 0 Å². The van der Waals surface area contributed by atoms with E-state index in [0.717, 1.165) is 30.8 Å². The lowest BCUT2D eigenvalue weighted by Gasteiger charge is -2.15. The summed E-state index contributed by atoms with van der Waals surface area (Å²) in [6, 6.07) is 3.67. The Balaban J connectivity index is 1.63. The fraction of sp³-hybridized carbons (Fsp3) is 0.615. The van der Waals surface area contributed by atoms with E-state index in [-0.39, 0.29) is 16.7 Å². The van der Waals surface area contributed by atoms with Crippen LogP contribution in [-0.4, -0.2) is 49.6 Å². The van der Waals surface area contributed by atoms with Gasteiger partial charge in [0.2, 0.25) is 10.0 Å². The second kappa shape index (κ2) is 5.68. The Morgan fingerprint density at radius 3 is 2.81 bits per heavy atom. The zero-order valence-corrected chi connectivity index (χ0v) is 13.1. The predicted molar refractivity (Wildman–Crippen MR) is 79.0 cm³/mol. The van der Waals surface area contributed by atoms with Crippen molar-refractivity contribution in [2.45, 2.75) is 42.0 Å². The molecule has 116 valence electrons. The summed E-state index contributed by atoms with van der Waals surface area (Å²) >= 11 is 1.03. The Morgan fingerprint density at radius 2 is 2.14 bits per heavy atom. The minimum absolute atomic E-state index is 0.0411. The zero-order chi connectivity index (χ0) is 15.0. The number of carboxylic acid groups (broad SMARTS) is 1. The maximum absolute atomic E-state index is 12.3. The van der Waals surface area contributed by atoms with Gasteiger partial charge in [-0.25, -0.2) is 13.1 Å². The third-order valence-electron chi connectivity index (χ3n) is 3.83. The number of aliphatic carboxylic acids is 1. The van der Waals surface area contributed by atoms with E-state index in [2.05, 4.69) is 9.62 Å². The Morgan fingerprint density at radius 1 is 1.38 bits per heavy atom. The summed E-state index contributed by atoms with van der Waals surface area (Å²) in [6.07, 6.45) is 3.15. The third-order valence-corrected chi connectivity index (χ3v) is 6.93. The Hall–Kier alpha value is -0.960. The number of sulfonamides is 1. The van der Waals surface area contributed by atoms with Crippen molar-refractivity contribution in [3.8, 4) is 0 Å². The molecule has 21 heavy (non-hydrogen) atoms. The molecular weight excluding hydrogens is 312 g/mol. The maximum Gasteiger partial charge on any atom is 0.308 e. The molecular formula is C13H18N2O4S2. The zero-order valence-electron chi connectivity index (χ0n) is 11.5. The average Bonchev–Trinajstić information content (AvgIpc) is 2.95. The molecule has 8 heteroatoms. The minimum atomic E-state index is -3.54. The largest absolute Gasteiger partial charge is 0.481 e. The first-order valence-corrected chi connectivity index (χ1v) is 9.31. The highest BCUT2D eigenvalue weighted by Gasteiger charge is 2.36. The van der Waals surface area contributed by atoms with Gasteiger partial charge in [-0.2, -0.15) is 0 Å². The van der Waals surface area contributed by atoms with E-state index in [4.69, 9.17) is 5.11 Å². The van der Waals surface area contributed by atoms with E-state index in [1.165, 1.54) is 18.9 Å². The molecule has 2 N–H and O–H groups in total. The van der Waals surface area contributed by atoms with Crippen LogP contribution >= 0.6 is 11.3 Å². The number of hydrogen-bond acceptors (Lipinski definition) is 5. The highest BCUT2D eigenvalue weighted by atomic mass is 32.2. The van der Waals surface area contributed by atoms with Crippen LogP contribution in [0.4, 0.5) is 0 Å². The van der Waals surface area contributed by atoms with E-state index in [1.807, 2.05) is 0 Å². The molecule has 1 aliphatic carbocycles. The molecule has 0 amide bonds. The van der Waals surface area contributed by atoms with Gasteiger partial charge in [0.15, 0.2) is 0 Å². The van der Waals surface area contributed by atoms with Crippen molar-refractivity contribution in [2.75, 3.05) is 13.1 Å². The molecule has 6 nitrogen and oxygen atoms in total. The summed E-state index contributed by atoms with van der Waals surface area (Å²) in [7, 11) is -3.54. The van der Waals surface area contributed by atoms with E-state index >= 15 is 0 Å². The van der Waals surface area contributed by atoms with Crippen molar-refractivity contribution in [1.29, 1.82) is 0 Å². The number of nitrogens with zero attached hydrogens (tertiary/aromatic N) is 1. The van der Waals surface area contributed by atoms with E-state index in [1.54, 1.807) is 6.07 Å². The van der Waals surface area contributed by atoms with Crippen LogP contribution in [0.5, 0.6) is 0 Å². The van der Waals surface area contributed by atoms with Crippen LogP contribution in [0.3, 0.4) is 0 Å². The highest BCUT2D eigenvalue weighted by Crippen LogP contribution is 2.30. The molecule has 1 saturated heterocycles. The second-order valence-corrected chi connectivity index (χ2v) is 8.73. The normalized spacial score (nSPS) is 23.5. The van der Waals surface area contributed by atoms with Gasteiger partial charge in [0.25, 0.3) is 0 Å². The number of nitrogens with one attached hydrogen (secondary N) is 1. The monoisotopic (exact) mass is 330 g/mol. The molecule has 0 aromatic carbocycles. The van der Waals surface area contributed by atoms with Gasteiger partial charge in [-0.15, -0.1) is 11.3 Å². The first-order chi connectivity index (χ1) is 9.94. The summed E-state index contributed by atoms with van der Waals surface area (Å²) in [6.45, 7) is 1.73. The molecule has 2 aliphatic rings. The van der Waals surface area contributed by atoms with Gasteiger partial charge < -0.3 is 5.11 Å². The van der Waals surface area contributed by atoms with Gasteiger partial charge in [0.05, 0.1) is 6.42 Å². The van der Waals surface area contributed by atoms with E-state index < -0.39 is 16.0 Å². The molecule has 1 aliphatic heterocycles. The Bertz CT molecular complexity index is 636. The first kappa shape index (κ1) is 15.0. The summed E-state index contributed by atoms with van der Waals surface area (Å²) in [5.41, 5.74) is 0. The lowest BCUT2D eigenvalue weighted by atomic mass is 10.3. The Kier molecular flexibility index (Phi) is 4.04. The van der Waals surface area contributed by atoms with Crippen molar-refractivity contribution >= 4 is 27.3 Å². The number of thiophene rings is 1. The van der Waals surface area contributed by atoms with Gasteiger partial charge in [-0.1, -0.05) is 0 Å². The minimum Gasteiger partial charge on any atom is -0.481 e. The van der Waals surface area contributed by atoms with E-state index in [0.29, 0.717) is 10.9 Å². The standard InChI is InChI=1S/C13H18N2O4S2/c16-12(17)7-11-3-4-13(20-11)21(18,19)14-9-5-6-15(8-9)10-1-2-10/h3-4,9-10,14H,1-2,5-8H2,(H,16,17). The molecule has 2 heterocycles. The summed E-state index contributed by atoms with van der Waals surface area (Å²) < 4.78 is 27.6. The van der Waals surface area contributed by atoms with Gasteiger partial charge in [0, 0.05) is 30.1 Å². The van der Waals surface area contributed by atoms with Gasteiger partial charge >= 0.3 is 5.97 Å². The van der Waals surface area contributed by atoms with Crippen LogP contribution in [0.15, 0.2) is 16.3 Å². The Labute approximate surface area is 127 Å². The van der Waals surface area contributed by atoms with Crippen LogP contribution in [0, 0.1) is 0 Å². The molecule has 0 spiro atoms. The number of hydrogen-bond donors (Lipinski definition) is 2. The second-order valence-electron chi connectivity index (χ2n) is 5.62. The smallest absolute Gasteiger partial charge is 0.308 e. The maximum atomic E-state index is 12.3. The quantitative estimate of drug-likeness (QED) is 0.809. The first-order valence-electron chi connectivity index (χ1n) is 7.01. The number of likely N-dealkylation sites (tertiary alicyclic amines) is 1. The molecule has 0 bridgehead atoms. The van der Waals surface area contributed by atoms with Crippen molar-refractivity contribution in [3.05, 3.63) is 17.0 Å². The molecule has 0 radical (unpaired) electrons. The van der Waals surface area contributed by atoms with Gasteiger partial charge in [-0.05, 0) is 31.4 Å². The van der Waals surface area contributed by atoms with Crippen LogP contribution in [-0.2, 0) is 21.2 Å². The highest BCUT2D eigenvalue weighted by molar-refractivity contribution is 7.91. The SMILES string of the molecule is O=C(O)Cc1ccc(S(=O)(=O)NC2CCN(C3CC3)C2)s1. The van der Waals surface area contributed by atoms with Crippen LogP contribution < -0.4 is 4.72 Å². The molecule has 3 rings (SSSR count). The van der Waals surface area contributed by atoms with Crippen LogP contribution in [0.1, 0.15) is 24.1 Å². The molecule has 1 saturated carbocycles. The van der Waals surface area contributed by atoms with Crippen molar-refractivity contribution in [1.82, 2.24) is 9.62 Å². The average molecular weight is 330 g/mol. The van der Waals surface area contributed by atoms with Crippen LogP contribution in [0.2, 0.25) is 0 Å². The fourth-order valence-electron chi connectivity index (χ4n) is 2.68. The topological polar surface area (TPSA) is 86.7 Å². The van der Waals surface area contributed by atoms with Crippen molar-refractivity contribution < 1.29 is 18.3 Å². The molecule has 1 aromatic rings. The molecule has 1 aromatic heterocycles. The predicted octanol–water partition coefficient (Wildman–Crippen LogP) is 0.890. The lowest BCUT2D eigenvalue weighted by Crippen LogP contribution is -2.37. The number of rotatable bonds is 6. The summed E-state index contributed by atoms with van der Waals surface area (Å²) in [4.78, 5) is 13.5. The van der Waals surface area contributed by atoms with Crippen molar-refractivity contribution in [3.63, 3.8) is 0 Å². The molecule has 1 unspecified atom stereocenters. The van der Waals surface area contributed by atoms with Gasteiger partial charge in [-0.3, -0.25) is 9.69 Å². The summed E-state index contributed by atoms with van der Waals surface area (Å²) in [5, 5.41) is 8.73. The molecule has 2 fully saturated rings. The number of carbonyl (C=O) groups is 1. The number of carboxylic acids is 1. The lowest BCUT2D eigenvalue weighted by molar-refractivity contribution is -0.136. The van der Waals surface area contributed by atoms with Gasteiger partial charge in [0.1, 0.15) is 4.21 Å². The molecule has 1 atom stereocenters. The fourth-order valence-corrected chi connectivity index (χ4v) is 5.30. The van der Waals surface area contributed by atoms with E-state index in [9.17, 15) is 13.2 Å². The third kappa shape index (κ3) is 3.63. The summed E-state index contributed by atoms with van der Waals surface area (Å²) in [5.74, 6) is -0.954. The van der Waals surface area contributed by atoms with Crippen LogP contribution in [0.25, 0.3) is 0 Å².